The third-order valence-corrected chi connectivity index (χ3v) is 3.17. The minimum absolute atomic E-state index is 0.250. The molecular formula is C11H6O2S. The van der Waals surface area contributed by atoms with Crippen LogP contribution in [0.15, 0.2) is 44.9 Å². The minimum Gasteiger partial charge on any atom is -0.422 e. The van der Waals surface area contributed by atoms with Crippen LogP contribution in [0.1, 0.15) is 0 Å². The molecule has 0 aliphatic heterocycles. The summed E-state index contributed by atoms with van der Waals surface area (Å²) in [6, 6.07) is 9.40. The van der Waals surface area contributed by atoms with Crippen molar-refractivity contribution in [1.82, 2.24) is 0 Å². The van der Waals surface area contributed by atoms with Gasteiger partial charge in [0.1, 0.15) is 5.58 Å². The van der Waals surface area contributed by atoms with E-state index in [4.69, 9.17) is 4.42 Å². The Bertz CT molecular complexity index is 663. The highest BCUT2D eigenvalue weighted by atomic mass is 32.1. The van der Waals surface area contributed by atoms with Gasteiger partial charge in [-0.1, -0.05) is 12.1 Å². The SMILES string of the molecule is O=c1oc2ccccc2c2sccc12. The molecule has 0 spiro atoms. The summed E-state index contributed by atoms with van der Waals surface area (Å²) in [4.78, 5) is 11.5. The summed E-state index contributed by atoms with van der Waals surface area (Å²) < 4.78 is 6.20. The smallest absolute Gasteiger partial charge is 0.345 e. The molecule has 3 rings (SSSR count). The summed E-state index contributed by atoms with van der Waals surface area (Å²) >= 11 is 1.57. The van der Waals surface area contributed by atoms with E-state index in [1.807, 2.05) is 29.6 Å². The summed E-state index contributed by atoms with van der Waals surface area (Å²) in [5.41, 5.74) is 0.410. The molecule has 0 amide bonds. The monoisotopic (exact) mass is 202 g/mol. The molecule has 0 atom stereocenters. The minimum atomic E-state index is -0.250. The van der Waals surface area contributed by atoms with Gasteiger partial charge in [-0.05, 0) is 23.6 Å². The highest BCUT2D eigenvalue weighted by molar-refractivity contribution is 7.18. The Kier molecular flexibility index (Phi) is 1.49. The summed E-state index contributed by atoms with van der Waals surface area (Å²) in [6.45, 7) is 0. The summed E-state index contributed by atoms with van der Waals surface area (Å²) in [5, 5.41) is 3.60. The van der Waals surface area contributed by atoms with Crippen LogP contribution in [0.2, 0.25) is 0 Å². The van der Waals surface area contributed by atoms with E-state index >= 15 is 0 Å². The van der Waals surface area contributed by atoms with Crippen LogP contribution in [-0.4, -0.2) is 0 Å². The van der Waals surface area contributed by atoms with E-state index in [9.17, 15) is 4.79 Å². The van der Waals surface area contributed by atoms with Gasteiger partial charge in [0.2, 0.25) is 0 Å². The highest BCUT2D eigenvalue weighted by Crippen LogP contribution is 2.26. The molecule has 0 saturated carbocycles. The first-order chi connectivity index (χ1) is 6.86. The van der Waals surface area contributed by atoms with E-state index in [-0.39, 0.29) is 5.63 Å². The molecule has 0 bridgehead atoms. The lowest BCUT2D eigenvalue weighted by molar-refractivity contribution is 0.570. The molecule has 2 nitrogen and oxygen atoms in total. The zero-order chi connectivity index (χ0) is 9.54. The van der Waals surface area contributed by atoms with Gasteiger partial charge in [0.25, 0.3) is 0 Å². The number of fused-ring (bicyclic) bond motifs is 3. The molecule has 0 radical (unpaired) electrons. The van der Waals surface area contributed by atoms with E-state index in [1.165, 1.54) is 0 Å². The Hall–Kier alpha value is -1.61. The number of hydrogen-bond donors (Lipinski definition) is 0. The number of benzene rings is 1. The fourth-order valence-corrected chi connectivity index (χ4v) is 2.49. The van der Waals surface area contributed by atoms with Gasteiger partial charge in [0.05, 0.1) is 10.1 Å². The van der Waals surface area contributed by atoms with Crippen molar-refractivity contribution in [3.63, 3.8) is 0 Å². The quantitative estimate of drug-likeness (QED) is 0.524. The maximum Gasteiger partial charge on any atom is 0.345 e. The van der Waals surface area contributed by atoms with Crippen molar-refractivity contribution >= 4 is 32.4 Å². The van der Waals surface area contributed by atoms with E-state index in [0.717, 1.165) is 10.1 Å². The summed E-state index contributed by atoms with van der Waals surface area (Å²) in [5.74, 6) is 0. The van der Waals surface area contributed by atoms with Gasteiger partial charge in [-0.15, -0.1) is 11.3 Å². The van der Waals surface area contributed by atoms with Crippen LogP contribution in [0.3, 0.4) is 0 Å². The number of para-hydroxylation sites is 1. The Morgan fingerprint density at radius 2 is 1.93 bits per heavy atom. The zero-order valence-electron chi connectivity index (χ0n) is 7.19. The fourth-order valence-electron chi connectivity index (χ4n) is 1.58. The first-order valence-corrected chi connectivity index (χ1v) is 5.13. The van der Waals surface area contributed by atoms with Crippen molar-refractivity contribution in [2.45, 2.75) is 0 Å². The molecule has 2 aromatic heterocycles. The van der Waals surface area contributed by atoms with Crippen molar-refractivity contribution < 1.29 is 4.42 Å². The molecule has 0 aliphatic rings. The molecule has 0 fully saturated rings. The topological polar surface area (TPSA) is 30.2 Å². The van der Waals surface area contributed by atoms with E-state index in [1.54, 1.807) is 17.4 Å². The molecule has 14 heavy (non-hydrogen) atoms. The van der Waals surface area contributed by atoms with Crippen molar-refractivity contribution in [2.24, 2.45) is 0 Å². The lowest BCUT2D eigenvalue weighted by atomic mass is 10.2. The number of rotatable bonds is 0. The predicted octanol–water partition coefficient (Wildman–Crippen LogP) is 3.01. The Morgan fingerprint density at radius 1 is 1.07 bits per heavy atom. The first kappa shape index (κ1) is 7.76. The lowest BCUT2D eigenvalue weighted by Crippen LogP contribution is -1.96. The second-order valence-corrected chi connectivity index (χ2v) is 3.97. The third-order valence-electron chi connectivity index (χ3n) is 2.22. The van der Waals surface area contributed by atoms with Gasteiger partial charge in [-0.3, -0.25) is 0 Å². The second kappa shape index (κ2) is 2.69. The van der Waals surface area contributed by atoms with E-state index in [0.29, 0.717) is 11.0 Å². The molecule has 0 aliphatic carbocycles. The summed E-state index contributed by atoms with van der Waals surface area (Å²) in [6.07, 6.45) is 0. The number of thiophene rings is 1. The van der Waals surface area contributed by atoms with Crippen molar-refractivity contribution in [2.75, 3.05) is 0 Å². The average Bonchev–Trinajstić information content (AvgIpc) is 2.67. The fraction of sp³-hybridized carbons (Fsp3) is 0. The molecule has 1 aromatic carbocycles. The van der Waals surface area contributed by atoms with Crippen LogP contribution >= 0.6 is 11.3 Å². The highest BCUT2D eigenvalue weighted by Gasteiger charge is 2.06. The van der Waals surface area contributed by atoms with Crippen LogP contribution < -0.4 is 5.63 Å². The van der Waals surface area contributed by atoms with Crippen LogP contribution in [0.4, 0.5) is 0 Å². The van der Waals surface area contributed by atoms with Gasteiger partial charge < -0.3 is 4.42 Å². The van der Waals surface area contributed by atoms with Gasteiger partial charge in [0.15, 0.2) is 0 Å². The van der Waals surface area contributed by atoms with Crippen LogP contribution in [0, 0.1) is 0 Å². The Morgan fingerprint density at radius 3 is 2.86 bits per heavy atom. The largest absolute Gasteiger partial charge is 0.422 e. The van der Waals surface area contributed by atoms with Crippen LogP contribution in [0.25, 0.3) is 21.1 Å². The molecule has 3 aromatic rings. The van der Waals surface area contributed by atoms with Crippen molar-refractivity contribution in [3.05, 3.63) is 46.1 Å². The zero-order valence-corrected chi connectivity index (χ0v) is 8.01. The second-order valence-electron chi connectivity index (χ2n) is 3.05. The lowest BCUT2D eigenvalue weighted by Gasteiger charge is -1.95. The molecule has 68 valence electrons. The van der Waals surface area contributed by atoms with Crippen LogP contribution in [0.5, 0.6) is 0 Å². The molecule has 0 saturated heterocycles. The number of hydrogen-bond acceptors (Lipinski definition) is 3. The molecule has 2 heterocycles. The van der Waals surface area contributed by atoms with Crippen LogP contribution in [-0.2, 0) is 0 Å². The van der Waals surface area contributed by atoms with Gasteiger partial charge in [0, 0.05) is 5.39 Å². The van der Waals surface area contributed by atoms with E-state index < -0.39 is 0 Å². The Balaban J connectivity index is 2.73. The average molecular weight is 202 g/mol. The predicted molar refractivity (Wildman–Crippen MR) is 57.9 cm³/mol. The van der Waals surface area contributed by atoms with Crippen molar-refractivity contribution in [1.29, 1.82) is 0 Å². The normalized spacial score (nSPS) is 11.1. The standard InChI is InChI=1S/C11H6O2S/c12-11-8-5-6-14-10(8)7-3-1-2-4-9(7)13-11/h1-6H. The Labute approximate surface area is 83.4 Å². The molecule has 0 N–H and O–H groups in total. The van der Waals surface area contributed by atoms with Crippen molar-refractivity contribution in [3.8, 4) is 0 Å². The maximum atomic E-state index is 11.5. The van der Waals surface area contributed by atoms with Gasteiger partial charge in [-0.2, -0.15) is 0 Å². The first-order valence-electron chi connectivity index (χ1n) is 4.25. The molecular weight excluding hydrogens is 196 g/mol. The molecule has 0 unspecified atom stereocenters. The van der Waals surface area contributed by atoms with E-state index in [2.05, 4.69) is 0 Å². The third kappa shape index (κ3) is 0.930. The summed E-state index contributed by atoms with van der Waals surface area (Å²) in [7, 11) is 0. The van der Waals surface area contributed by atoms with Gasteiger partial charge in [-0.25, -0.2) is 4.79 Å². The maximum absolute atomic E-state index is 11.5. The van der Waals surface area contributed by atoms with Gasteiger partial charge >= 0.3 is 5.63 Å². The molecule has 3 heteroatoms.